The van der Waals surface area contributed by atoms with Gasteiger partial charge < -0.3 is 9.47 Å². The van der Waals surface area contributed by atoms with Crippen LogP contribution in [0, 0.1) is 0 Å². The van der Waals surface area contributed by atoms with Crippen LogP contribution in [0.2, 0.25) is 0 Å². The van der Waals surface area contributed by atoms with Gasteiger partial charge in [0.25, 0.3) is 0 Å². The van der Waals surface area contributed by atoms with Gasteiger partial charge in [-0.1, -0.05) is 42.5 Å². The number of rotatable bonds is 4. The molecule has 0 aliphatic carbocycles. The predicted molar refractivity (Wildman–Crippen MR) is 96.9 cm³/mol. The molecule has 1 aliphatic rings. The Kier molecular flexibility index (Phi) is 4.91. The second kappa shape index (κ2) is 7.27. The highest BCUT2D eigenvalue weighted by Crippen LogP contribution is 2.23. The van der Waals surface area contributed by atoms with Crippen LogP contribution >= 0.6 is 15.9 Å². The summed E-state index contributed by atoms with van der Waals surface area (Å²) in [6.07, 6.45) is 5.23. The lowest BCUT2D eigenvalue weighted by Crippen LogP contribution is -2.05. The van der Waals surface area contributed by atoms with E-state index in [2.05, 4.69) is 20.9 Å². The van der Waals surface area contributed by atoms with Gasteiger partial charge in [0.1, 0.15) is 5.75 Å². The van der Waals surface area contributed by atoms with Crippen molar-refractivity contribution >= 4 is 33.9 Å². The molecule has 3 rings (SSSR count). The second-order valence-electron chi connectivity index (χ2n) is 4.94. The highest BCUT2D eigenvalue weighted by atomic mass is 79.9. The van der Waals surface area contributed by atoms with E-state index in [9.17, 15) is 4.79 Å². The van der Waals surface area contributed by atoms with Crippen LogP contribution < -0.4 is 4.74 Å². The lowest BCUT2D eigenvalue weighted by molar-refractivity contribution is -0.130. The molecule has 1 aliphatic heterocycles. The molecule has 0 unspecified atom stereocenters. The van der Waals surface area contributed by atoms with E-state index in [-0.39, 0.29) is 5.70 Å². The number of nitrogens with zero attached hydrogens (tertiary/aromatic N) is 1. The van der Waals surface area contributed by atoms with Crippen LogP contribution in [-0.4, -0.2) is 19.0 Å². The van der Waals surface area contributed by atoms with Gasteiger partial charge in [-0.05, 0) is 40.2 Å². The summed E-state index contributed by atoms with van der Waals surface area (Å²) in [6, 6.07) is 15.1. The number of allylic oxidation sites excluding steroid dienone is 2. The minimum atomic E-state index is -0.467. The topological polar surface area (TPSA) is 47.9 Å². The van der Waals surface area contributed by atoms with Gasteiger partial charge in [0.15, 0.2) is 5.70 Å². The summed E-state index contributed by atoms with van der Waals surface area (Å²) in [5.74, 6) is 0.591. The molecule has 2 aromatic carbocycles. The van der Waals surface area contributed by atoms with Gasteiger partial charge in [0.05, 0.1) is 12.7 Å². The van der Waals surface area contributed by atoms with E-state index in [4.69, 9.17) is 9.47 Å². The van der Waals surface area contributed by atoms with Gasteiger partial charge in [-0.25, -0.2) is 9.79 Å². The van der Waals surface area contributed by atoms with E-state index in [1.165, 1.54) is 0 Å². The first kappa shape index (κ1) is 16.2. The average molecular weight is 384 g/mol. The molecule has 0 atom stereocenters. The minimum absolute atomic E-state index is 0.256. The molecule has 0 bridgehead atoms. The van der Waals surface area contributed by atoms with Crippen LogP contribution in [0.4, 0.5) is 0 Å². The second-order valence-corrected chi connectivity index (χ2v) is 5.79. The average Bonchev–Trinajstić information content (AvgIpc) is 2.96. The number of para-hydroxylation sites is 1. The SMILES string of the molecule is COc1ccccc1/C=C/C=C1\N=C(c2ccccc2Br)OC1=O. The Balaban J connectivity index is 1.84. The van der Waals surface area contributed by atoms with Gasteiger partial charge in [-0.15, -0.1) is 0 Å². The molecule has 0 amide bonds. The van der Waals surface area contributed by atoms with Crippen LogP contribution in [0.1, 0.15) is 11.1 Å². The Morgan fingerprint density at radius 2 is 1.88 bits per heavy atom. The zero-order valence-electron chi connectivity index (χ0n) is 12.9. The van der Waals surface area contributed by atoms with Gasteiger partial charge in [0, 0.05) is 10.0 Å². The smallest absolute Gasteiger partial charge is 0.363 e. The Morgan fingerprint density at radius 1 is 1.12 bits per heavy atom. The first-order valence-corrected chi connectivity index (χ1v) is 8.05. The van der Waals surface area contributed by atoms with E-state index in [0.29, 0.717) is 5.90 Å². The summed E-state index contributed by atoms with van der Waals surface area (Å²) in [5.41, 5.74) is 1.91. The molecule has 4 nitrogen and oxygen atoms in total. The van der Waals surface area contributed by atoms with Gasteiger partial charge >= 0.3 is 5.97 Å². The Bertz CT molecular complexity index is 868. The van der Waals surface area contributed by atoms with Crippen LogP contribution in [0.25, 0.3) is 6.08 Å². The number of aliphatic imine (C=N–C) groups is 1. The Hall–Kier alpha value is -2.66. The van der Waals surface area contributed by atoms with Crippen molar-refractivity contribution < 1.29 is 14.3 Å². The largest absolute Gasteiger partial charge is 0.496 e. The number of esters is 1. The maximum atomic E-state index is 12.0. The van der Waals surface area contributed by atoms with E-state index in [0.717, 1.165) is 21.3 Å². The number of ether oxygens (including phenoxy) is 2. The minimum Gasteiger partial charge on any atom is -0.496 e. The number of methoxy groups -OCH3 is 1. The van der Waals surface area contributed by atoms with Crippen LogP contribution in [0.3, 0.4) is 0 Å². The van der Waals surface area contributed by atoms with Crippen molar-refractivity contribution in [2.24, 2.45) is 4.99 Å². The number of halogens is 1. The number of benzene rings is 2. The molecule has 0 saturated carbocycles. The third-order valence-corrected chi connectivity index (χ3v) is 4.09. The van der Waals surface area contributed by atoms with E-state index in [1.54, 1.807) is 19.3 Å². The van der Waals surface area contributed by atoms with Crippen molar-refractivity contribution in [1.82, 2.24) is 0 Å². The summed E-state index contributed by atoms with van der Waals surface area (Å²) >= 11 is 3.43. The molecule has 0 aromatic heterocycles. The zero-order chi connectivity index (χ0) is 16.9. The molecule has 0 N–H and O–H groups in total. The van der Waals surface area contributed by atoms with Gasteiger partial charge in [-0.3, -0.25) is 0 Å². The highest BCUT2D eigenvalue weighted by molar-refractivity contribution is 9.10. The summed E-state index contributed by atoms with van der Waals surface area (Å²) in [6.45, 7) is 0. The van der Waals surface area contributed by atoms with Crippen molar-refractivity contribution in [3.63, 3.8) is 0 Å². The highest BCUT2D eigenvalue weighted by Gasteiger charge is 2.24. The molecular weight excluding hydrogens is 370 g/mol. The van der Waals surface area contributed by atoms with Crippen molar-refractivity contribution in [3.05, 3.63) is 82.0 Å². The van der Waals surface area contributed by atoms with Crippen LogP contribution in [-0.2, 0) is 9.53 Å². The zero-order valence-corrected chi connectivity index (χ0v) is 14.5. The molecule has 0 spiro atoms. The van der Waals surface area contributed by atoms with Crippen molar-refractivity contribution in [1.29, 1.82) is 0 Å². The Labute approximate surface area is 148 Å². The monoisotopic (exact) mass is 383 g/mol. The molecule has 0 fully saturated rings. The number of carbonyl (C=O) groups excluding carboxylic acids is 1. The fourth-order valence-electron chi connectivity index (χ4n) is 2.22. The lowest BCUT2D eigenvalue weighted by atomic mass is 10.2. The quantitative estimate of drug-likeness (QED) is 0.582. The Morgan fingerprint density at radius 3 is 2.67 bits per heavy atom. The summed E-state index contributed by atoms with van der Waals surface area (Å²) in [5, 5.41) is 0. The van der Waals surface area contributed by atoms with Gasteiger partial charge in [-0.2, -0.15) is 0 Å². The number of hydrogen-bond acceptors (Lipinski definition) is 4. The number of hydrogen-bond donors (Lipinski definition) is 0. The number of carbonyl (C=O) groups is 1. The van der Waals surface area contributed by atoms with Crippen LogP contribution in [0.5, 0.6) is 5.75 Å². The third-order valence-electron chi connectivity index (χ3n) is 3.39. The molecule has 0 radical (unpaired) electrons. The molecule has 2 aromatic rings. The predicted octanol–water partition coefficient (Wildman–Crippen LogP) is 4.36. The summed E-state index contributed by atoms with van der Waals surface area (Å²) < 4.78 is 11.3. The van der Waals surface area contributed by atoms with Crippen molar-refractivity contribution in [2.45, 2.75) is 0 Å². The maximum Gasteiger partial charge on any atom is 0.363 e. The number of cyclic esters (lactones) is 1. The van der Waals surface area contributed by atoms with Crippen molar-refractivity contribution in [3.8, 4) is 5.75 Å². The van der Waals surface area contributed by atoms with E-state index < -0.39 is 5.97 Å². The first-order chi connectivity index (χ1) is 11.7. The van der Waals surface area contributed by atoms with Crippen molar-refractivity contribution in [2.75, 3.05) is 7.11 Å². The van der Waals surface area contributed by atoms with E-state index in [1.807, 2.05) is 54.6 Å². The molecule has 24 heavy (non-hydrogen) atoms. The third kappa shape index (κ3) is 3.46. The normalized spacial score (nSPS) is 15.7. The fraction of sp³-hybridized carbons (Fsp3) is 0.0526. The van der Waals surface area contributed by atoms with Gasteiger partial charge in [0.2, 0.25) is 5.90 Å². The lowest BCUT2D eigenvalue weighted by Gasteiger charge is -2.02. The fourth-order valence-corrected chi connectivity index (χ4v) is 2.67. The van der Waals surface area contributed by atoms with Crippen LogP contribution in [0.15, 0.2) is 75.8 Å². The maximum absolute atomic E-state index is 12.0. The van der Waals surface area contributed by atoms with E-state index >= 15 is 0 Å². The summed E-state index contributed by atoms with van der Waals surface area (Å²) in [7, 11) is 1.62. The molecule has 0 saturated heterocycles. The standard InChI is InChI=1S/C19H14BrNO3/c1-23-17-12-5-2-7-13(17)8-6-11-16-19(22)24-18(21-16)14-9-3-4-10-15(14)20/h2-12H,1H3/b8-6+,16-11-. The molecular formula is C19H14BrNO3. The molecule has 5 heteroatoms. The first-order valence-electron chi connectivity index (χ1n) is 7.26. The summed E-state index contributed by atoms with van der Waals surface area (Å²) in [4.78, 5) is 16.2. The molecule has 1 heterocycles. The molecule has 120 valence electrons.